The van der Waals surface area contributed by atoms with Gasteiger partial charge in [0, 0.05) is 32.1 Å². The van der Waals surface area contributed by atoms with E-state index in [2.05, 4.69) is 17.1 Å². The molecule has 0 bridgehead atoms. The van der Waals surface area contributed by atoms with Crippen LogP contribution in [0.15, 0.2) is 0 Å². The summed E-state index contributed by atoms with van der Waals surface area (Å²) in [6.07, 6.45) is 3.14. The quantitative estimate of drug-likeness (QED) is 0.790. The summed E-state index contributed by atoms with van der Waals surface area (Å²) in [5.41, 5.74) is 0. The van der Waals surface area contributed by atoms with Gasteiger partial charge in [0.15, 0.2) is 0 Å². The minimum atomic E-state index is -0.290. The van der Waals surface area contributed by atoms with Gasteiger partial charge in [0.25, 0.3) is 0 Å². The Balaban J connectivity index is 1.95. The van der Waals surface area contributed by atoms with Crippen molar-refractivity contribution in [2.24, 2.45) is 11.8 Å². The molecule has 3 unspecified atom stereocenters. The number of nitrogens with one attached hydrogen (secondary N) is 1. The molecule has 3 atom stereocenters. The number of likely N-dealkylation sites (tertiary alicyclic amines) is 1. The summed E-state index contributed by atoms with van der Waals surface area (Å²) in [6.45, 7) is 7.65. The predicted octanol–water partition coefficient (Wildman–Crippen LogP) is 0.992. The van der Waals surface area contributed by atoms with Gasteiger partial charge in [-0.1, -0.05) is 6.92 Å². The fourth-order valence-electron chi connectivity index (χ4n) is 3.37. The number of piperidine rings is 1. The van der Waals surface area contributed by atoms with Gasteiger partial charge in [-0.3, -0.25) is 9.69 Å². The van der Waals surface area contributed by atoms with Crippen LogP contribution < -0.4 is 5.32 Å². The highest BCUT2D eigenvalue weighted by Gasteiger charge is 2.37. The van der Waals surface area contributed by atoms with E-state index in [1.807, 2.05) is 6.92 Å². The number of rotatable bonds is 3. The summed E-state index contributed by atoms with van der Waals surface area (Å²) in [6, 6.07) is 0.865. The molecule has 1 saturated carbocycles. The van der Waals surface area contributed by atoms with Gasteiger partial charge in [-0.05, 0) is 38.0 Å². The monoisotopic (exact) mass is 254 g/mol. The van der Waals surface area contributed by atoms with E-state index < -0.39 is 0 Å². The van der Waals surface area contributed by atoms with E-state index in [9.17, 15) is 9.90 Å². The molecule has 1 saturated heterocycles. The molecular formula is C14H26N2O2. The number of aliphatic hydroxyl groups is 1. The lowest BCUT2D eigenvalue weighted by Gasteiger charge is -2.48. The van der Waals surface area contributed by atoms with E-state index in [1.165, 1.54) is 12.8 Å². The van der Waals surface area contributed by atoms with Crippen LogP contribution in [0.25, 0.3) is 0 Å². The van der Waals surface area contributed by atoms with Gasteiger partial charge in [-0.25, -0.2) is 0 Å². The van der Waals surface area contributed by atoms with Gasteiger partial charge >= 0.3 is 0 Å². The van der Waals surface area contributed by atoms with E-state index in [4.69, 9.17) is 0 Å². The highest BCUT2D eigenvalue weighted by Crippen LogP contribution is 2.34. The van der Waals surface area contributed by atoms with E-state index in [1.54, 1.807) is 6.92 Å². The minimum absolute atomic E-state index is 0.0353. The Kier molecular flexibility index (Phi) is 4.28. The maximum absolute atomic E-state index is 11.2. The first-order chi connectivity index (χ1) is 8.45. The first-order valence-corrected chi connectivity index (χ1v) is 7.15. The fourth-order valence-corrected chi connectivity index (χ4v) is 3.37. The lowest BCUT2D eigenvalue weighted by Crippen LogP contribution is -2.57. The molecule has 18 heavy (non-hydrogen) atoms. The molecule has 1 amide bonds. The molecule has 4 heteroatoms. The first kappa shape index (κ1) is 13.8. The van der Waals surface area contributed by atoms with Crippen LogP contribution in [0.5, 0.6) is 0 Å². The average molecular weight is 254 g/mol. The second-order valence-corrected chi connectivity index (χ2v) is 6.32. The summed E-state index contributed by atoms with van der Waals surface area (Å²) in [4.78, 5) is 13.7. The standard InChI is InChI=1S/C14H26N2O2/c1-9-4-14(5-9)16-7-12(10(2)17)6-13(8-16)15-11(3)18/h9-10,12-14,17H,4-8H2,1-3H3,(H,15,18). The Labute approximate surface area is 110 Å². The Hall–Kier alpha value is -0.610. The summed E-state index contributed by atoms with van der Waals surface area (Å²) in [5.74, 6) is 1.15. The summed E-state index contributed by atoms with van der Waals surface area (Å²) in [7, 11) is 0. The number of aliphatic hydroxyl groups excluding tert-OH is 1. The highest BCUT2D eigenvalue weighted by atomic mass is 16.3. The number of hydrogen-bond donors (Lipinski definition) is 2. The zero-order chi connectivity index (χ0) is 13.3. The molecule has 1 heterocycles. The number of hydrogen-bond acceptors (Lipinski definition) is 3. The SMILES string of the molecule is CC(=O)NC1CC(C(C)O)CN(C2CC(C)C2)C1. The largest absolute Gasteiger partial charge is 0.393 e. The Bertz CT molecular complexity index is 300. The molecule has 2 fully saturated rings. The molecule has 2 aliphatic rings. The van der Waals surface area contributed by atoms with E-state index in [-0.39, 0.29) is 24.0 Å². The normalized spacial score (nSPS) is 38.9. The fraction of sp³-hybridized carbons (Fsp3) is 0.929. The molecule has 4 nitrogen and oxygen atoms in total. The van der Waals surface area contributed by atoms with Gasteiger partial charge in [-0.15, -0.1) is 0 Å². The molecule has 104 valence electrons. The molecule has 0 aromatic rings. The maximum Gasteiger partial charge on any atom is 0.217 e. The molecule has 1 aliphatic heterocycles. The average Bonchev–Trinajstić information content (AvgIpc) is 2.23. The van der Waals surface area contributed by atoms with Crippen molar-refractivity contribution in [2.45, 2.75) is 58.2 Å². The molecular weight excluding hydrogens is 228 g/mol. The van der Waals surface area contributed by atoms with Crippen molar-refractivity contribution in [1.82, 2.24) is 10.2 Å². The van der Waals surface area contributed by atoms with Crippen LogP contribution in [0.2, 0.25) is 0 Å². The lowest BCUT2D eigenvalue weighted by atomic mass is 9.78. The predicted molar refractivity (Wildman–Crippen MR) is 71.2 cm³/mol. The topological polar surface area (TPSA) is 52.6 Å². The van der Waals surface area contributed by atoms with Crippen LogP contribution in [0, 0.1) is 11.8 Å². The molecule has 0 aromatic carbocycles. The van der Waals surface area contributed by atoms with Crippen molar-refractivity contribution in [3.8, 4) is 0 Å². The van der Waals surface area contributed by atoms with E-state index in [0.29, 0.717) is 6.04 Å². The molecule has 0 aromatic heterocycles. The number of amides is 1. The highest BCUT2D eigenvalue weighted by molar-refractivity contribution is 5.73. The van der Waals surface area contributed by atoms with E-state index >= 15 is 0 Å². The van der Waals surface area contributed by atoms with Crippen LogP contribution >= 0.6 is 0 Å². The molecule has 2 N–H and O–H groups in total. The van der Waals surface area contributed by atoms with Gasteiger partial charge in [0.05, 0.1) is 6.10 Å². The molecule has 2 rings (SSSR count). The molecule has 0 spiro atoms. The van der Waals surface area contributed by atoms with Crippen molar-refractivity contribution < 1.29 is 9.90 Å². The third kappa shape index (κ3) is 3.23. The zero-order valence-electron chi connectivity index (χ0n) is 11.7. The second-order valence-electron chi connectivity index (χ2n) is 6.32. The van der Waals surface area contributed by atoms with Crippen LogP contribution in [0.3, 0.4) is 0 Å². The minimum Gasteiger partial charge on any atom is -0.393 e. The molecule has 0 radical (unpaired) electrons. The number of carbonyl (C=O) groups excluding carboxylic acids is 1. The first-order valence-electron chi connectivity index (χ1n) is 7.15. The van der Waals surface area contributed by atoms with Crippen LogP contribution in [-0.4, -0.2) is 47.2 Å². The maximum atomic E-state index is 11.2. The number of nitrogens with zero attached hydrogens (tertiary/aromatic N) is 1. The van der Waals surface area contributed by atoms with Gasteiger partial charge in [0.1, 0.15) is 0 Å². The van der Waals surface area contributed by atoms with Gasteiger partial charge < -0.3 is 10.4 Å². The van der Waals surface area contributed by atoms with Crippen LogP contribution in [-0.2, 0) is 4.79 Å². The van der Waals surface area contributed by atoms with Crippen molar-refractivity contribution in [3.63, 3.8) is 0 Å². The van der Waals surface area contributed by atoms with E-state index in [0.717, 1.165) is 25.4 Å². The third-order valence-electron chi connectivity index (χ3n) is 4.47. The summed E-state index contributed by atoms with van der Waals surface area (Å²) in [5, 5.41) is 12.9. The van der Waals surface area contributed by atoms with Crippen molar-refractivity contribution in [3.05, 3.63) is 0 Å². The summed E-state index contributed by atoms with van der Waals surface area (Å²) >= 11 is 0. The van der Waals surface area contributed by atoms with Crippen molar-refractivity contribution in [2.75, 3.05) is 13.1 Å². The van der Waals surface area contributed by atoms with Gasteiger partial charge in [-0.2, -0.15) is 0 Å². The Morgan fingerprint density at radius 1 is 1.33 bits per heavy atom. The van der Waals surface area contributed by atoms with Crippen LogP contribution in [0.4, 0.5) is 0 Å². The van der Waals surface area contributed by atoms with Crippen molar-refractivity contribution in [1.29, 1.82) is 0 Å². The smallest absolute Gasteiger partial charge is 0.217 e. The second kappa shape index (κ2) is 5.57. The van der Waals surface area contributed by atoms with Crippen LogP contribution in [0.1, 0.15) is 40.0 Å². The third-order valence-corrected chi connectivity index (χ3v) is 4.47. The summed E-state index contributed by atoms with van der Waals surface area (Å²) < 4.78 is 0. The Morgan fingerprint density at radius 3 is 2.50 bits per heavy atom. The zero-order valence-corrected chi connectivity index (χ0v) is 11.7. The Morgan fingerprint density at radius 2 is 2.00 bits per heavy atom. The molecule has 1 aliphatic carbocycles. The lowest BCUT2D eigenvalue weighted by molar-refractivity contribution is -0.120. The van der Waals surface area contributed by atoms with Crippen molar-refractivity contribution >= 4 is 5.91 Å². The van der Waals surface area contributed by atoms with Gasteiger partial charge in [0.2, 0.25) is 5.91 Å². The number of carbonyl (C=O) groups is 1.